The quantitative estimate of drug-likeness (QED) is 0.510. The van der Waals surface area contributed by atoms with E-state index < -0.39 is 0 Å². The van der Waals surface area contributed by atoms with Crippen LogP contribution in [0.1, 0.15) is 76.8 Å². The zero-order valence-electron chi connectivity index (χ0n) is 17.9. The molecule has 1 aliphatic carbocycles. The van der Waals surface area contributed by atoms with Crippen LogP contribution in [-0.2, 0) is 4.74 Å². The largest absolute Gasteiger partial charge is 0.494 e. The highest BCUT2D eigenvalue weighted by Crippen LogP contribution is 2.32. The molecule has 1 aromatic carbocycles. The molecule has 3 unspecified atom stereocenters. The second kappa shape index (κ2) is 10.3. The Morgan fingerprint density at radius 3 is 2.68 bits per heavy atom. The lowest BCUT2D eigenvalue weighted by molar-refractivity contribution is 0.210. The molecule has 2 nitrogen and oxygen atoms in total. The van der Waals surface area contributed by atoms with Gasteiger partial charge in [0, 0.05) is 17.2 Å². The number of allylic oxidation sites excluding steroid dienone is 3. The monoisotopic (exact) mass is 397 g/mol. The van der Waals surface area contributed by atoms with E-state index in [2.05, 4.69) is 70.2 Å². The van der Waals surface area contributed by atoms with Gasteiger partial charge in [-0.3, -0.25) is 4.99 Å². The summed E-state index contributed by atoms with van der Waals surface area (Å²) in [7, 11) is 0. The lowest BCUT2D eigenvalue weighted by atomic mass is 10.0. The summed E-state index contributed by atoms with van der Waals surface area (Å²) < 4.78 is 6.13. The summed E-state index contributed by atoms with van der Waals surface area (Å²) in [6.07, 6.45) is 12.7. The molecule has 0 fully saturated rings. The topological polar surface area (TPSA) is 21.6 Å². The van der Waals surface area contributed by atoms with Crippen molar-refractivity contribution in [3.8, 4) is 0 Å². The maximum Gasteiger partial charge on any atom is 0.115 e. The maximum atomic E-state index is 6.13. The Bertz CT molecular complexity index is 717. The highest BCUT2D eigenvalue weighted by Gasteiger charge is 2.27. The van der Waals surface area contributed by atoms with Crippen LogP contribution < -0.4 is 0 Å². The summed E-state index contributed by atoms with van der Waals surface area (Å²) in [5.41, 5.74) is 2.64. The fraction of sp³-hybridized carbons (Fsp3) is 0.560. The van der Waals surface area contributed by atoms with Crippen molar-refractivity contribution < 1.29 is 4.74 Å². The van der Waals surface area contributed by atoms with Crippen LogP contribution in [0.15, 0.2) is 53.2 Å². The summed E-state index contributed by atoms with van der Waals surface area (Å²) in [5.74, 6) is 2.21. The van der Waals surface area contributed by atoms with E-state index in [0.717, 1.165) is 25.2 Å². The first-order chi connectivity index (χ1) is 13.5. The average Bonchev–Trinajstić information content (AvgIpc) is 3.08. The number of aliphatic imine (C=N–C) groups is 1. The molecule has 3 rings (SSSR count). The summed E-state index contributed by atoms with van der Waals surface area (Å²) in [6.45, 7) is 9.78. The maximum absolute atomic E-state index is 6.13. The number of thioether (sulfide) groups is 1. The van der Waals surface area contributed by atoms with Gasteiger partial charge in [-0.05, 0) is 48.8 Å². The van der Waals surface area contributed by atoms with Gasteiger partial charge in [0.15, 0.2) is 0 Å². The molecule has 1 aromatic rings. The van der Waals surface area contributed by atoms with Crippen molar-refractivity contribution in [1.29, 1.82) is 0 Å². The first-order valence-electron chi connectivity index (χ1n) is 10.9. The summed E-state index contributed by atoms with van der Waals surface area (Å²) in [6, 6.07) is 9.26. The zero-order chi connectivity index (χ0) is 19.9. The first kappa shape index (κ1) is 21.2. The van der Waals surface area contributed by atoms with Crippen LogP contribution in [0.3, 0.4) is 0 Å². The van der Waals surface area contributed by atoms with Crippen LogP contribution in [0, 0.1) is 5.92 Å². The molecule has 0 aromatic heterocycles. The van der Waals surface area contributed by atoms with Crippen LogP contribution in [-0.4, -0.2) is 22.9 Å². The van der Waals surface area contributed by atoms with Gasteiger partial charge in [0.05, 0.1) is 17.7 Å². The Morgan fingerprint density at radius 1 is 1.14 bits per heavy atom. The fourth-order valence-electron chi connectivity index (χ4n) is 3.73. The SMILES string of the molecule is CC1/C=C(OCCC2N=C(c3ccc(C(C)C)cc3)SC2C)\C=C/CCCC1. The minimum absolute atomic E-state index is 0.336. The van der Waals surface area contributed by atoms with Gasteiger partial charge in [-0.1, -0.05) is 64.5 Å². The normalized spacial score (nSPS) is 28.7. The first-order valence-corrected chi connectivity index (χ1v) is 11.8. The third kappa shape index (κ3) is 6.01. The predicted octanol–water partition coefficient (Wildman–Crippen LogP) is 7.12. The van der Waals surface area contributed by atoms with E-state index in [9.17, 15) is 0 Å². The van der Waals surface area contributed by atoms with E-state index in [1.807, 2.05) is 11.8 Å². The Hall–Kier alpha value is -1.48. The van der Waals surface area contributed by atoms with Gasteiger partial charge < -0.3 is 4.74 Å². The van der Waals surface area contributed by atoms with Crippen LogP contribution >= 0.6 is 11.8 Å². The molecule has 0 amide bonds. The lowest BCUT2D eigenvalue weighted by Gasteiger charge is -2.14. The van der Waals surface area contributed by atoms with Crippen molar-refractivity contribution in [3.05, 3.63) is 59.4 Å². The van der Waals surface area contributed by atoms with Crippen molar-refractivity contribution in [2.45, 2.75) is 77.0 Å². The number of rotatable bonds is 6. The minimum Gasteiger partial charge on any atom is -0.494 e. The van der Waals surface area contributed by atoms with Gasteiger partial charge in [0.2, 0.25) is 0 Å². The summed E-state index contributed by atoms with van der Waals surface area (Å²) in [4.78, 5) is 5.02. The van der Waals surface area contributed by atoms with Crippen LogP contribution in [0.2, 0.25) is 0 Å². The minimum atomic E-state index is 0.336. The Kier molecular flexibility index (Phi) is 7.84. The third-order valence-corrected chi connectivity index (χ3v) is 6.89. The second-order valence-electron chi connectivity index (χ2n) is 8.47. The van der Waals surface area contributed by atoms with Crippen molar-refractivity contribution in [1.82, 2.24) is 0 Å². The molecule has 0 saturated carbocycles. The number of nitrogens with zero attached hydrogens (tertiary/aromatic N) is 1. The van der Waals surface area contributed by atoms with E-state index in [1.165, 1.54) is 35.4 Å². The molecule has 0 radical (unpaired) electrons. The van der Waals surface area contributed by atoms with Gasteiger partial charge >= 0.3 is 0 Å². The molecule has 3 heteroatoms. The van der Waals surface area contributed by atoms with Gasteiger partial charge in [0.1, 0.15) is 5.76 Å². The van der Waals surface area contributed by atoms with Crippen LogP contribution in [0.5, 0.6) is 0 Å². The molecule has 1 aliphatic heterocycles. The van der Waals surface area contributed by atoms with Crippen molar-refractivity contribution >= 4 is 16.8 Å². The van der Waals surface area contributed by atoms with Gasteiger partial charge in [0.25, 0.3) is 0 Å². The van der Waals surface area contributed by atoms with E-state index >= 15 is 0 Å². The van der Waals surface area contributed by atoms with Crippen molar-refractivity contribution in [2.24, 2.45) is 10.9 Å². The smallest absolute Gasteiger partial charge is 0.115 e. The molecule has 0 spiro atoms. The van der Waals surface area contributed by atoms with E-state index in [-0.39, 0.29) is 0 Å². The summed E-state index contributed by atoms with van der Waals surface area (Å²) in [5, 5.41) is 1.69. The zero-order valence-corrected chi connectivity index (χ0v) is 18.7. The van der Waals surface area contributed by atoms with Gasteiger partial charge in [-0.15, -0.1) is 11.8 Å². The lowest BCUT2D eigenvalue weighted by Crippen LogP contribution is -2.16. The van der Waals surface area contributed by atoms with Crippen molar-refractivity contribution in [3.63, 3.8) is 0 Å². The average molecular weight is 398 g/mol. The van der Waals surface area contributed by atoms with Gasteiger partial charge in [-0.25, -0.2) is 0 Å². The molecular weight excluding hydrogens is 362 g/mol. The molecule has 0 N–H and O–H groups in total. The van der Waals surface area contributed by atoms with E-state index in [0.29, 0.717) is 23.1 Å². The Morgan fingerprint density at radius 2 is 1.93 bits per heavy atom. The standard InChI is InChI=1S/C25H35NOS/c1-18(2)21-11-13-22(14-12-21)25-26-24(20(4)28-25)15-16-27-23-10-8-6-5-7-9-19(3)17-23/h8,10-14,17-20,24H,5-7,9,15-16H2,1-4H3/b10-8-,23-17+. The third-order valence-electron chi connectivity index (χ3n) is 5.64. The van der Waals surface area contributed by atoms with E-state index in [4.69, 9.17) is 9.73 Å². The number of benzene rings is 1. The molecule has 0 saturated heterocycles. The fourth-order valence-corrected chi connectivity index (χ4v) is 4.91. The number of hydrogen-bond acceptors (Lipinski definition) is 3. The van der Waals surface area contributed by atoms with Crippen LogP contribution in [0.25, 0.3) is 0 Å². The molecule has 28 heavy (non-hydrogen) atoms. The Balaban J connectivity index is 1.56. The highest BCUT2D eigenvalue weighted by atomic mass is 32.2. The highest BCUT2D eigenvalue weighted by molar-refractivity contribution is 8.15. The Labute approximate surface area is 175 Å². The molecule has 1 heterocycles. The molecular formula is C25H35NOS. The van der Waals surface area contributed by atoms with Crippen LogP contribution in [0.4, 0.5) is 0 Å². The molecule has 2 aliphatic rings. The molecule has 3 atom stereocenters. The van der Waals surface area contributed by atoms with E-state index in [1.54, 1.807) is 0 Å². The molecule has 0 bridgehead atoms. The number of hydrogen-bond donors (Lipinski definition) is 0. The van der Waals surface area contributed by atoms with Crippen molar-refractivity contribution in [2.75, 3.05) is 6.61 Å². The molecule has 152 valence electrons. The van der Waals surface area contributed by atoms with Gasteiger partial charge in [-0.2, -0.15) is 0 Å². The number of ether oxygens (including phenoxy) is 1. The predicted molar refractivity (Wildman–Crippen MR) is 123 cm³/mol. The summed E-state index contributed by atoms with van der Waals surface area (Å²) >= 11 is 1.90. The second-order valence-corrected chi connectivity index (χ2v) is 9.84.